The zero-order valence-corrected chi connectivity index (χ0v) is 10.1. The highest BCUT2D eigenvalue weighted by molar-refractivity contribution is 7.12. The van der Waals surface area contributed by atoms with Crippen LogP contribution in [-0.2, 0) is 11.8 Å². The first-order valence-electron chi connectivity index (χ1n) is 5.17. The summed E-state index contributed by atoms with van der Waals surface area (Å²) >= 11 is 1.64. The van der Waals surface area contributed by atoms with Crippen LogP contribution in [0.3, 0.4) is 0 Å². The van der Waals surface area contributed by atoms with Gasteiger partial charge in [-0.05, 0) is 6.42 Å². The zero-order valence-electron chi connectivity index (χ0n) is 9.33. The molecule has 0 saturated heterocycles. The van der Waals surface area contributed by atoms with Crippen molar-refractivity contribution < 1.29 is 4.79 Å². The molecule has 1 unspecified atom stereocenters. The van der Waals surface area contributed by atoms with Crippen molar-refractivity contribution in [3.63, 3.8) is 0 Å². The van der Waals surface area contributed by atoms with Crippen molar-refractivity contribution in [1.82, 2.24) is 4.98 Å². The predicted octanol–water partition coefficient (Wildman–Crippen LogP) is 1.90. The van der Waals surface area contributed by atoms with Crippen LogP contribution in [0.1, 0.15) is 47.6 Å². The van der Waals surface area contributed by atoms with Crippen molar-refractivity contribution in [2.45, 2.75) is 45.1 Å². The van der Waals surface area contributed by atoms with E-state index in [4.69, 9.17) is 5.73 Å². The number of fused-ring (bicyclic) bond motifs is 1. The van der Waals surface area contributed by atoms with E-state index in [0.717, 1.165) is 16.3 Å². The van der Waals surface area contributed by atoms with Gasteiger partial charge in [0.05, 0.1) is 5.01 Å². The highest BCUT2D eigenvalue weighted by Crippen LogP contribution is 2.32. The molecule has 0 bridgehead atoms. The van der Waals surface area contributed by atoms with E-state index >= 15 is 0 Å². The SMILES string of the molecule is CC(C)(C)c1nc2c(s1)CC(N)CC2=O. The Balaban J connectivity index is 2.44. The Kier molecular flexibility index (Phi) is 2.43. The van der Waals surface area contributed by atoms with E-state index in [9.17, 15) is 4.79 Å². The molecular weight excluding hydrogens is 208 g/mol. The van der Waals surface area contributed by atoms with Gasteiger partial charge in [-0.1, -0.05) is 20.8 Å². The molecule has 1 aliphatic carbocycles. The minimum absolute atomic E-state index is 0.0155. The van der Waals surface area contributed by atoms with E-state index in [-0.39, 0.29) is 17.2 Å². The number of rotatable bonds is 0. The summed E-state index contributed by atoms with van der Waals surface area (Å²) in [6.45, 7) is 6.34. The third-order valence-corrected chi connectivity index (χ3v) is 4.00. The van der Waals surface area contributed by atoms with E-state index in [1.807, 2.05) is 0 Å². The van der Waals surface area contributed by atoms with Gasteiger partial charge in [0.15, 0.2) is 5.78 Å². The minimum Gasteiger partial charge on any atom is -0.327 e. The Labute approximate surface area is 93.7 Å². The first kappa shape index (κ1) is 10.8. The molecular formula is C11H16N2OS. The Morgan fingerprint density at radius 1 is 1.40 bits per heavy atom. The number of aromatic nitrogens is 1. The average Bonchev–Trinajstić information content (AvgIpc) is 2.46. The maximum absolute atomic E-state index is 11.7. The molecule has 0 aromatic carbocycles. The summed E-state index contributed by atoms with van der Waals surface area (Å²) in [5.41, 5.74) is 6.51. The lowest BCUT2D eigenvalue weighted by atomic mass is 9.96. The summed E-state index contributed by atoms with van der Waals surface area (Å²) in [6.07, 6.45) is 1.25. The lowest BCUT2D eigenvalue weighted by Gasteiger charge is -2.14. The topological polar surface area (TPSA) is 56.0 Å². The number of carbonyl (C=O) groups is 1. The minimum atomic E-state index is -0.0155. The zero-order chi connectivity index (χ0) is 11.2. The smallest absolute Gasteiger partial charge is 0.183 e. The van der Waals surface area contributed by atoms with Gasteiger partial charge in [0.25, 0.3) is 0 Å². The second kappa shape index (κ2) is 3.39. The fourth-order valence-electron chi connectivity index (χ4n) is 1.67. The molecule has 0 saturated carbocycles. The van der Waals surface area contributed by atoms with Gasteiger partial charge < -0.3 is 5.73 Å². The molecule has 1 atom stereocenters. The van der Waals surface area contributed by atoms with Gasteiger partial charge in [0, 0.05) is 22.8 Å². The van der Waals surface area contributed by atoms with Gasteiger partial charge in [-0.15, -0.1) is 11.3 Å². The third-order valence-electron chi connectivity index (χ3n) is 2.50. The average molecular weight is 224 g/mol. The normalized spacial score (nSPS) is 21.6. The molecule has 15 heavy (non-hydrogen) atoms. The molecule has 1 aromatic heterocycles. The van der Waals surface area contributed by atoms with Crippen molar-refractivity contribution in [2.75, 3.05) is 0 Å². The highest BCUT2D eigenvalue weighted by Gasteiger charge is 2.29. The lowest BCUT2D eigenvalue weighted by molar-refractivity contribution is 0.0961. The van der Waals surface area contributed by atoms with Crippen LogP contribution in [0.4, 0.5) is 0 Å². The fourth-order valence-corrected chi connectivity index (χ4v) is 2.90. The summed E-state index contributed by atoms with van der Waals surface area (Å²) in [5, 5.41) is 1.04. The molecule has 0 aliphatic heterocycles. The van der Waals surface area contributed by atoms with Gasteiger partial charge in [0.2, 0.25) is 0 Å². The van der Waals surface area contributed by atoms with E-state index in [1.165, 1.54) is 0 Å². The first-order chi connectivity index (χ1) is 6.88. The van der Waals surface area contributed by atoms with E-state index in [1.54, 1.807) is 11.3 Å². The van der Waals surface area contributed by atoms with Crippen LogP contribution in [0.5, 0.6) is 0 Å². The number of nitrogens with zero attached hydrogens (tertiary/aromatic N) is 1. The standard InChI is InChI=1S/C11H16N2OS/c1-11(2,3)10-13-9-7(14)4-6(12)5-8(9)15-10/h6H,4-5,12H2,1-3H3. The van der Waals surface area contributed by atoms with E-state index in [2.05, 4.69) is 25.8 Å². The molecule has 4 heteroatoms. The summed E-state index contributed by atoms with van der Waals surface area (Å²) in [4.78, 5) is 17.2. The maximum Gasteiger partial charge on any atom is 0.183 e. The summed E-state index contributed by atoms with van der Waals surface area (Å²) in [6, 6.07) is -0.0155. The van der Waals surface area contributed by atoms with Crippen molar-refractivity contribution >= 4 is 17.1 Å². The number of thiazole rings is 1. The van der Waals surface area contributed by atoms with Crippen LogP contribution in [0.25, 0.3) is 0 Å². The van der Waals surface area contributed by atoms with Crippen LogP contribution in [-0.4, -0.2) is 16.8 Å². The molecule has 1 aromatic rings. The molecule has 1 aliphatic rings. The predicted molar refractivity (Wildman–Crippen MR) is 61.4 cm³/mol. The molecule has 3 nitrogen and oxygen atoms in total. The fraction of sp³-hybridized carbons (Fsp3) is 0.636. The lowest BCUT2D eigenvalue weighted by Crippen LogP contribution is -2.30. The molecule has 0 radical (unpaired) electrons. The van der Waals surface area contributed by atoms with Crippen LogP contribution in [0.2, 0.25) is 0 Å². The van der Waals surface area contributed by atoms with Crippen molar-refractivity contribution in [2.24, 2.45) is 5.73 Å². The van der Waals surface area contributed by atoms with Crippen LogP contribution in [0, 0.1) is 0 Å². The van der Waals surface area contributed by atoms with E-state index < -0.39 is 0 Å². The molecule has 2 N–H and O–H groups in total. The van der Waals surface area contributed by atoms with Gasteiger partial charge >= 0.3 is 0 Å². The Morgan fingerprint density at radius 2 is 2.07 bits per heavy atom. The number of ketones is 1. The second-order valence-electron chi connectivity index (χ2n) is 5.13. The Morgan fingerprint density at radius 3 is 2.67 bits per heavy atom. The largest absolute Gasteiger partial charge is 0.327 e. The number of hydrogen-bond acceptors (Lipinski definition) is 4. The Bertz CT molecular complexity index is 403. The molecule has 0 spiro atoms. The van der Waals surface area contributed by atoms with Gasteiger partial charge in [-0.25, -0.2) is 4.98 Å². The number of Topliss-reactive ketones (excluding diaryl/α,β-unsaturated/α-hetero) is 1. The molecule has 1 heterocycles. The maximum atomic E-state index is 11.7. The van der Waals surface area contributed by atoms with Crippen molar-refractivity contribution in [1.29, 1.82) is 0 Å². The number of hydrogen-bond donors (Lipinski definition) is 1. The van der Waals surface area contributed by atoms with E-state index in [0.29, 0.717) is 12.1 Å². The quantitative estimate of drug-likeness (QED) is 0.732. The monoisotopic (exact) mass is 224 g/mol. The van der Waals surface area contributed by atoms with Crippen LogP contribution < -0.4 is 5.73 Å². The van der Waals surface area contributed by atoms with Crippen molar-refractivity contribution in [3.05, 3.63) is 15.6 Å². The number of carbonyl (C=O) groups excluding carboxylic acids is 1. The third kappa shape index (κ3) is 1.96. The second-order valence-corrected chi connectivity index (χ2v) is 6.22. The highest BCUT2D eigenvalue weighted by atomic mass is 32.1. The summed E-state index contributed by atoms with van der Waals surface area (Å²) < 4.78 is 0. The Hall–Kier alpha value is -0.740. The summed E-state index contributed by atoms with van der Waals surface area (Å²) in [5.74, 6) is 0.107. The van der Waals surface area contributed by atoms with Crippen LogP contribution >= 0.6 is 11.3 Å². The van der Waals surface area contributed by atoms with Gasteiger partial charge in [-0.2, -0.15) is 0 Å². The van der Waals surface area contributed by atoms with Crippen molar-refractivity contribution in [3.8, 4) is 0 Å². The van der Waals surface area contributed by atoms with Crippen LogP contribution in [0.15, 0.2) is 0 Å². The molecule has 82 valence electrons. The van der Waals surface area contributed by atoms with Gasteiger partial charge in [0.1, 0.15) is 5.69 Å². The first-order valence-corrected chi connectivity index (χ1v) is 5.98. The molecule has 0 fully saturated rings. The van der Waals surface area contributed by atoms with Gasteiger partial charge in [-0.3, -0.25) is 4.79 Å². The summed E-state index contributed by atoms with van der Waals surface area (Å²) in [7, 11) is 0. The molecule has 2 rings (SSSR count). The molecule has 0 amide bonds. The number of nitrogens with two attached hydrogens (primary N) is 1.